The zero-order chi connectivity index (χ0) is 18.8. The molecule has 27 heavy (non-hydrogen) atoms. The number of hydrogen-bond donors (Lipinski definition) is 1. The Kier molecular flexibility index (Phi) is 5.04. The van der Waals surface area contributed by atoms with E-state index in [0.717, 1.165) is 17.4 Å². The van der Waals surface area contributed by atoms with Gasteiger partial charge >= 0.3 is 0 Å². The predicted octanol–water partition coefficient (Wildman–Crippen LogP) is 3.32. The number of nitrogens with zero attached hydrogens (tertiary/aromatic N) is 3. The van der Waals surface area contributed by atoms with Gasteiger partial charge in [-0.25, -0.2) is 0 Å². The summed E-state index contributed by atoms with van der Waals surface area (Å²) in [6.45, 7) is 2.06. The second-order valence-electron chi connectivity index (χ2n) is 6.03. The molecule has 3 aromatic rings. The van der Waals surface area contributed by atoms with Crippen LogP contribution in [0, 0.1) is 0 Å². The number of benzene rings is 1. The molecule has 140 valence electrons. The predicted molar refractivity (Wildman–Crippen MR) is 105 cm³/mol. The van der Waals surface area contributed by atoms with Crippen molar-refractivity contribution >= 4 is 34.7 Å². The molecule has 0 spiro atoms. The van der Waals surface area contributed by atoms with Crippen LogP contribution in [0.15, 0.2) is 40.9 Å². The highest BCUT2D eigenvalue weighted by atomic mass is 32.2. The monoisotopic (exact) mass is 402 g/mol. The number of carbonyl (C=O) groups is 1. The molecule has 1 atom stereocenters. The first kappa shape index (κ1) is 17.9. The number of aromatic nitrogens is 3. The third-order valence-corrected chi connectivity index (χ3v) is 6.14. The van der Waals surface area contributed by atoms with Crippen LogP contribution in [0.3, 0.4) is 0 Å². The second kappa shape index (κ2) is 7.61. The normalized spacial score (nSPS) is 13.6. The van der Waals surface area contributed by atoms with E-state index in [4.69, 9.17) is 9.47 Å². The molecule has 1 aliphatic rings. The molecule has 1 amide bonds. The third kappa shape index (κ3) is 3.93. The molecule has 3 heterocycles. The maximum atomic E-state index is 12.5. The minimum Gasteiger partial charge on any atom is -0.454 e. The molecule has 1 aliphatic heterocycles. The zero-order valence-electron chi connectivity index (χ0n) is 14.8. The van der Waals surface area contributed by atoms with Crippen LogP contribution in [0.5, 0.6) is 11.5 Å². The molecule has 0 saturated heterocycles. The lowest BCUT2D eigenvalue weighted by Gasteiger charge is -2.12. The van der Waals surface area contributed by atoms with E-state index in [2.05, 4.69) is 21.6 Å². The van der Waals surface area contributed by atoms with E-state index in [0.29, 0.717) is 17.2 Å². The summed E-state index contributed by atoms with van der Waals surface area (Å²) in [6, 6.07) is 9.45. The number of fused-ring (bicyclic) bond motifs is 1. The summed E-state index contributed by atoms with van der Waals surface area (Å²) in [7, 11) is 1.92. The van der Waals surface area contributed by atoms with Crippen LogP contribution in [0.4, 0.5) is 5.69 Å². The van der Waals surface area contributed by atoms with E-state index < -0.39 is 0 Å². The number of thiophene rings is 1. The first-order chi connectivity index (χ1) is 13.1. The van der Waals surface area contributed by atoms with Crippen molar-refractivity contribution in [2.75, 3.05) is 12.1 Å². The maximum absolute atomic E-state index is 12.5. The summed E-state index contributed by atoms with van der Waals surface area (Å²) in [5.74, 6) is 2.09. The quantitative estimate of drug-likeness (QED) is 0.638. The molecule has 4 rings (SSSR count). The number of nitrogens with one attached hydrogen (secondary N) is 1. The second-order valence-corrected chi connectivity index (χ2v) is 8.37. The zero-order valence-corrected chi connectivity index (χ0v) is 16.5. The highest BCUT2D eigenvalue weighted by molar-refractivity contribution is 8.00. The Hall–Kier alpha value is -2.52. The SMILES string of the molecule is C[C@H](Sc1nnc(Cc2cccs2)n1C)C(=O)Nc1ccc2c(c1)OCO2. The fourth-order valence-corrected chi connectivity index (χ4v) is 4.14. The molecule has 0 radical (unpaired) electrons. The lowest BCUT2D eigenvalue weighted by atomic mass is 10.2. The highest BCUT2D eigenvalue weighted by Gasteiger charge is 2.20. The van der Waals surface area contributed by atoms with Crippen LogP contribution >= 0.6 is 23.1 Å². The van der Waals surface area contributed by atoms with Crippen LogP contribution in [-0.2, 0) is 18.3 Å². The van der Waals surface area contributed by atoms with E-state index in [9.17, 15) is 4.79 Å². The van der Waals surface area contributed by atoms with Gasteiger partial charge in [0, 0.05) is 30.1 Å². The molecule has 0 saturated carbocycles. The molecule has 1 aromatic carbocycles. The molecule has 9 heteroatoms. The summed E-state index contributed by atoms with van der Waals surface area (Å²) in [5.41, 5.74) is 0.674. The van der Waals surface area contributed by atoms with Crippen molar-refractivity contribution < 1.29 is 14.3 Å². The van der Waals surface area contributed by atoms with Crippen LogP contribution in [0.25, 0.3) is 0 Å². The Labute approximate surface area is 164 Å². The number of amides is 1. The summed E-state index contributed by atoms with van der Waals surface area (Å²) in [4.78, 5) is 13.8. The van der Waals surface area contributed by atoms with Crippen LogP contribution in [0.1, 0.15) is 17.6 Å². The number of anilines is 1. The van der Waals surface area contributed by atoms with Crippen molar-refractivity contribution in [3.63, 3.8) is 0 Å². The molecule has 1 N–H and O–H groups in total. The first-order valence-corrected chi connectivity index (χ1v) is 10.1. The molecule has 0 fully saturated rings. The number of hydrogen-bond acceptors (Lipinski definition) is 7. The third-order valence-electron chi connectivity index (χ3n) is 4.13. The Morgan fingerprint density at radius 3 is 3.00 bits per heavy atom. The van der Waals surface area contributed by atoms with Gasteiger partial charge in [-0.2, -0.15) is 0 Å². The van der Waals surface area contributed by atoms with Gasteiger partial charge in [-0.05, 0) is 30.5 Å². The van der Waals surface area contributed by atoms with Gasteiger partial charge in [-0.3, -0.25) is 4.79 Å². The number of rotatable bonds is 6. The number of ether oxygens (including phenoxy) is 2. The van der Waals surface area contributed by atoms with Gasteiger partial charge in [-0.15, -0.1) is 21.5 Å². The van der Waals surface area contributed by atoms with Crippen LogP contribution in [0.2, 0.25) is 0 Å². The van der Waals surface area contributed by atoms with Crippen LogP contribution in [-0.4, -0.2) is 32.7 Å². The maximum Gasteiger partial charge on any atom is 0.237 e. The molecule has 0 aliphatic carbocycles. The summed E-state index contributed by atoms with van der Waals surface area (Å²) < 4.78 is 12.6. The Balaban J connectivity index is 1.39. The van der Waals surface area contributed by atoms with E-state index >= 15 is 0 Å². The standard InChI is InChI=1S/C18H18N4O3S2/c1-11(17(23)19-12-5-6-14-15(8-12)25-10-24-14)27-18-21-20-16(22(18)2)9-13-4-3-7-26-13/h3-8,11H,9-10H2,1-2H3,(H,19,23)/t11-/m0/s1. The summed E-state index contributed by atoms with van der Waals surface area (Å²) in [6.07, 6.45) is 0.736. The van der Waals surface area contributed by atoms with Gasteiger partial charge in [-0.1, -0.05) is 17.8 Å². The average Bonchev–Trinajstić information content (AvgIpc) is 3.39. The van der Waals surface area contributed by atoms with Crippen molar-refractivity contribution in [3.05, 3.63) is 46.4 Å². The smallest absolute Gasteiger partial charge is 0.237 e. The van der Waals surface area contributed by atoms with Gasteiger partial charge in [0.15, 0.2) is 16.7 Å². The van der Waals surface area contributed by atoms with E-state index in [1.165, 1.54) is 16.6 Å². The Bertz CT molecular complexity index is 956. The van der Waals surface area contributed by atoms with Gasteiger partial charge < -0.3 is 19.4 Å². The van der Waals surface area contributed by atoms with Gasteiger partial charge in [0.2, 0.25) is 12.7 Å². The molecular weight excluding hydrogens is 384 g/mol. The van der Waals surface area contributed by atoms with Gasteiger partial charge in [0.1, 0.15) is 5.82 Å². The van der Waals surface area contributed by atoms with Gasteiger partial charge in [0.25, 0.3) is 0 Å². The first-order valence-electron chi connectivity index (χ1n) is 8.38. The van der Waals surface area contributed by atoms with Crippen molar-refractivity contribution in [2.24, 2.45) is 7.05 Å². The molecule has 0 bridgehead atoms. The molecular formula is C18H18N4O3S2. The van der Waals surface area contributed by atoms with Gasteiger partial charge in [0.05, 0.1) is 5.25 Å². The lowest BCUT2D eigenvalue weighted by molar-refractivity contribution is -0.115. The van der Waals surface area contributed by atoms with E-state index in [1.807, 2.05) is 30.0 Å². The topological polar surface area (TPSA) is 78.3 Å². The van der Waals surface area contributed by atoms with Crippen molar-refractivity contribution in [2.45, 2.75) is 23.8 Å². The number of thioether (sulfide) groups is 1. The minimum atomic E-state index is -0.326. The molecule has 2 aromatic heterocycles. The summed E-state index contributed by atoms with van der Waals surface area (Å²) >= 11 is 3.07. The molecule has 0 unspecified atom stereocenters. The number of carbonyl (C=O) groups excluding carboxylic acids is 1. The minimum absolute atomic E-state index is 0.110. The van der Waals surface area contributed by atoms with Crippen molar-refractivity contribution in [3.8, 4) is 11.5 Å². The molecule has 7 nitrogen and oxygen atoms in total. The van der Waals surface area contributed by atoms with Crippen molar-refractivity contribution in [1.29, 1.82) is 0 Å². The highest BCUT2D eigenvalue weighted by Crippen LogP contribution is 2.34. The van der Waals surface area contributed by atoms with Crippen molar-refractivity contribution in [1.82, 2.24) is 14.8 Å². The average molecular weight is 403 g/mol. The largest absolute Gasteiger partial charge is 0.454 e. The van der Waals surface area contributed by atoms with E-state index in [-0.39, 0.29) is 18.0 Å². The lowest BCUT2D eigenvalue weighted by Crippen LogP contribution is -2.22. The van der Waals surface area contributed by atoms with E-state index in [1.54, 1.807) is 29.5 Å². The fourth-order valence-electron chi connectivity index (χ4n) is 2.60. The fraction of sp³-hybridized carbons (Fsp3) is 0.278. The Morgan fingerprint density at radius 1 is 1.33 bits per heavy atom. The summed E-state index contributed by atoms with van der Waals surface area (Å²) in [5, 5.41) is 13.8. The van der Waals surface area contributed by atoms with Crippen LogP contribution < -0.4 is 14.8 Å². The Morgan fingerprint density at radius 2 is 2.19 bits per heavy atom.